The molecule has 3 N–H and O–H groups in total. The Morgan fingerprint density at radius 2 is 1.26 bits per heavy atom. The topological polar surface area (TPSA) is 104 Å². The van der Waals surface area contributed by atoms with Crippen molar-refractivity contribution in [2.45, 2.75) is 90.0 Å². The van der Waals surface area contributed by atoms with Gasteiger partial charge in [-0.1, -0.05) is 68.4 Å². The Balaban J connectivity index is 3.77. The molecule has 1 atom stereocenters. The summed E-state index contributed by atoms with van der Waals surface area (Å²) in [5, 5.41) is 20.0. The smallest absolute Gasteiger partial charge is 0.326 e. The Labute approximate surface area is 186 Å². The number of aliphatic carboxylic acids is 2. The maximum absolute atomic E-state index is 11.8. The zero-order chi connectivity index (χ0) is 23.2. The fourth-order valence-corrected chi connectivity index (χ4v) is 2.73. The molecule has 6 heteroatoms. The van der Waals surface area contributed by atoms with Crippen molar-refractivity contribution in [3.63, 3.8) is 0 Å². The minimum atomic E-state index is -1.21. The number of rotatable bonds is 19. The largest absolute Gasteiger partial charge is 0.481 e. The van der Waals surface area contributed by atoms with Gasteiger partial charge >= 0.3 is 11.9 Å². The van der Waals surface area contributed by atoms with Crippen LogP contribution in [-0.4, -0.2) is 34.1 Å². The molecule has 0 fully saturated rings. The van der Waals surface area contributed by atoms with Crippen LogP contribution in [0.5, 0.6) is 0 Å². The summed E-state index contributed by atoms with van der Waals surface area (Å²) in [6, 6.07) is -1.15. The Kier molecular flexibility index (Phi) is 18.9. The van der Waals surface area contributed by atoms with E-state index < -0.39 is 18.0 Å². The van der Waals surface area contributed by atoms with Crippen LogP contribution in [0.25, 0.3) is 0 Å². The average Bonchev–Trinajstić information content (AvgIpc) is 2.73. The molecule has 0 aromatic carbocycles. The van der Waals surface area contributed by atoms with Crippen LogP contribution in [0.3, 0.4) is 0 Å². The highest BCUT2D eigenvalue weighted by Crippen LogP contribution is 2.03. The maximum atomic E-state index is 11.8. The molecular weight excluding hydrogens is 394 g/mol. The van der Waals surface area contributed by atoms with Gasteiger partial charge in [-0.25, -0.2) is 4.79 Å². The first-order valence-electron chi connectivity index (χ1n) is 11.3. The number of unbranched alkanes of at least 4 members (excludes halogenated alkanes) is 4. The molecule has 0 bridgehead atoms. The second-order valence-corrected chi connectivity index (χ2v) is 7.37. The summed E-state index contributed by atoms with van der Waals surface area (Å²) in [6.07, 6.45) is 26.0. The van der Waals surface area contributed by atoms with Crippen LogP contribution in [0, 0.1) is 0 Å². The first kappa shape index (κ1) is 28.4. The van der Waals surface area contributed by atoms with Gasteiger partial charge in [0.25, 0.3) is 0 Å². The fraction of sp³-hybridized carbons (Fsp3) is 0.560. The summed E-state index contributed by atoms with van der Waals surface area (Å²) in [5.41, 5.74) is 0. The minimum absolute atomic E-state index is 0.117. The molecule has 0 radical (unpaired) electrons. The van der Waals surface area contributed by atoms with E-state index in [0.717, 1.165) is 25.7 Å². The second kappa shape index (κ2) is 20.6. The first-order chi connectivity index (χ1) is 15.0. The predicted octanol–water partition coefficient (Wildman–Crippen LogP) is 5.57. The molecule has 0 saturated heterocycles. The predicted molar refractivity (Wildman–Crippen MR) is 125 cm³/mol. The third-order valence-electron chi connectivity index (χ3n) is 4.51. The Bertz CT molecular complexity index is 619. The van der Waals surface area contributed by atoms with Gasteiger partial charge in [-0.05, 0) is 51.4 Å². The second-order valence-electron chi connectivity index (χ2n) is 7.37. The van der Waals surface area contributed by atoms with E-state index in [9.17, 15) is 14.4 Å². The van der Waals surface area contributed by atoms with E-state index in [4.69, 9.17) is 10.2 Å². The third-order valence-corrected chi connectivity index (χ3v) is 4.51. The molecule has 6 nitrogen and oxygen atoms in total. The first-order valence-corrected chi connectivity index (χ1v) is 11.3. The summed E-state index contributed by atoms with van der Waals surface area (Å²) in [6.45, 7) is 2.21. The molecule has 0 aromatic rings. The molecular formula is C25H39NO5. The molecule has 0 aliphatic heterocycles. The standard InChI is InChI=1S/C25H39NO5/c1-2-3-4-5-6-7-8-9-10-11-12-13-14-15-16-17-18-19-23(27)26-22(25(30)31)20-21-24(28)29/h6-7,9-10,12-13,15-16,22H,2-5,8,11,14,17-21H2,1H3,(H,26,27)(H,28,29)(H,30,31)/b7-6+,10-9+,13-12+,16-15+. The Morgan fingerprint density at radius 1 is 0.742 bits per heavy atom. The number of nitrogens with one attached hydrogen (secondary N) is 1. The lowest BCUT2D eigenvalue weighted by Gasteiger charge is -2.13. The quantitative estimate of drug-likeness (QED) is 0.183. The lowest BCUT2D eigenvalue weighted by atomic mass is 10.1. The minimum Gasteiger partial charge on any atom is -0.481 e. The number of carbonyl (C=O) groups excluding carboxylic acids is 1. The molecule has 0 spiro atoms. The van der Waals surface area contributed by atoms with Crippen molar-refractivity contribution in [1.82, 2.24) is 5.32 Å². The van der Waals surface area contributed by atoms with Crippen molar-refractivity contribution >= 4 is 17.8 Å². The number of hydrogen-bond acceptors (Lipinski definition) is 3. The molecule has 0 aliphatic rings. The Morgan fingerprint density at radius 3 is 1.74 bits per heavy atom. The van der Waals surface area contributed by atoms with E-state index >= 15 is 0 Å². The van der Waals surface area contributed by atoms with Gasteiger partial charge in [-0.2, -0.15) is 0 Å². The van der Waals surface area contributed by atoms with E-state index in [0.29, 0.717) is 6.42 Å². The number of hydrogen-bond donors (Lipinski definition) is 3. The monoisotopic (exact) mass is 433 g/mol. The average molecular weight is 434 g/mol. The van der Waals surface area contributed by atoms with Gasteiger partial charge in [-0.3, -0.25) is 9.59 Å². The van der Waals surface area contributed by atoms with Gasteiger partial charge in [0.1, 0.15) is 6.04 Å². The van der Waals surface area contributed by atoms with Gasteiger partial charge in [0, 0.05) is 12.8 Å². The molecule has 0 heterocycles. The molecule has 0 rings (SSSR count). The SMILES string of the molecule is CCCCC/C=C/C/C=C/C/C=C/C/C=C/CCCC(=O)NC(CCC(=O)O)C(=O)O. The molecule has 1 amide bonds. The van der Waals surface area contributed by atoms with E-state index in [1.54, 1.807) is 0 Å². The van der Waals surface area contributed by atoms with E-state index in [1.807, 2.05) is 12.2 Å². The van der Waals surface area contributed by atoms with Crippen LogP contribution in [-0.2, 0) is 14.4 Å². The highest BCUT2D eigenvalue weighted by Gasteiger charge is 2.20. The van der Waals surface area contributed by atoms with E-state index in [2.05, 4.69) is 48.7 Å². The summed E-state index contributed by atoms with van der Waals surface area (Å²) in [7, 11) is 0. The van der Waals surface area contributed by atoms with Crippen molar-refractivity contribution in [2.75, 3.05) is 0 Å². The number of amides is 1. The van der Waals surface area contributed by atoms with Crippen LogP contribution in [0.15, 0.2) is 48.6 Å². The highest BCUT2D eigenvalue weighted by atomic mass is 16.4. The summed E-state index contributed by atoms with van der Waals surface area (Å²) in [4.78, 5) is 33.4. The highest BCUT2D eigenvalue weighted by molar-refractivity contribution is 5.83. The van der Waals surface area contributed by atoms with Gasteiger partial charge in [0.15, 0.2) is 0 Å². The Hall–Kier alpha value is -2.63. The summed E-state index contributed by atoms with van der Waals surface area (Å²) >= 11 is 0. The number of carboxylic acids is 2. The van der Waals surface area contributed by atoms with Crippen molar-refractivity contribution in [3.8, 4) is 0 Å². The van der Waals surface area contributed by atoms with Crippen LogP contribution < -0.4 is 5.32 Å². The van der Waals surface area contributed by atoms with E-state index in [1.165, 1.54) is 25.7 Å². The van der Waals surface area contributed by atoms with Crippen molar-refractivity contribution < 1.29 is 24.6 Å². The zero-order valence-corrected chi connectivity index (χ0v) is 18.8. The lowest BCUT2D eigenvalue weighted by Crippen LogP contribution is -2.41. The number of carboxylic acid groups (broad SMARTS) is 2. The van der Waals surface area contributed by atoms with Crippen molar-refractivity contribution in [2.24, 2.45) is 0 Å². The number of allylic oxidation sites excluding steroid dienone is 8. The fourth-order valence-electron chi connectivity index (χ4n) is 2.73. The molecule has 1 unspecified atom stereocenters. The summed E-state index contributed by atoms with van der Waals surface area (Å²) < 4.78 is 0. The van der Waals surface area contributed by atoms with Gasteiger partial charge in [0.2, 0.25) is 5.91 Å². The van der Waals surface area contributed by atoms with E-state index in [-0.39, 0.29) is 25.2 Å². The maximum Gasteiger partial charge on any atom is 0.326 e. The van der Waals surface area contributed by atoms with Crippen LogP contribution >= 0.6 is 0 Å². The molecule has 31 heavy (non-hydrogen) atoms. The van der Waals surface area contributed by atoms with Gasteiger partial charge in [-0.15, -0.1) is 0 Å². The van der Waals surface area contributed by atoms with Crippen LogP contribution in [0.1, 0.15) is 84.0 Å². The van der Waals surface area contributed by atoms with Crippen LogP contribution in [0.4, 0.5) is 0 Å². The number of carbonyl (C=O) groups is 3. The molecule has 0 saturated carbocycles. The zero-order valence-electron chi connectivity index (χ0n) is 18.8. The van der Waals surface area contributed by atoms with Gasteiger partial charge in [0.05, 0.1) is 0 Å². The molecule has 0 aromatic heterocycles. The third kappa shape index (κ3) is 20.4. The molecule has 0 aliphatic carbocycles. The molecule has 174 valence electrons. The van der Waals surface area contributed by atoms with Crippen molar-refractivity contribution in [1.29, 1.82) is 0 Å². The lowest BCUT2D eigenvalue weighted by molar-refractivity contribution is -0.143. The van der Waals surface area contributed by atoms with Gasteiger partial charge < -0.3 is 15.5 Å². The van der Waals surface area contributed by atoms with Crippen LogP contribution in [0.2, 0.25) is 0 Å². The summed E-state index contributed by atoms with van der Waals surface area (Å²) in [5.74, 6) is -2.66. The normalized spacial score (nSPS) is 12.9. The van der Waals surface area contributed by atoms with Crippen molar-refractivity contribution in [3.05, 3.63) is 48.6 Å².